The highest BCUT2D eigenvalue weighted by molar-refractivity contribution is 6.30. The molecule has 2 aliphatic rings. The molecule has 0 saturated heterocycles. The minimum absolute atomic E-state index is 0.0185. The second kappa shape index (κ2) is 6.27. The van der Waals surface area contributed by atoms with E-state index < -0.39 is 6.10 Å². The zero-order valence-corrected chi connectivity index (χ0v) is 13.1. The van der Waals surface area contributed by atoms with E-state index in [9.17, 15) is 4.79 Å². The molecule has 3 nitrogen and oxygen atoms in total. The van der Waals surface area contributed by atoms with Crippen LogP contribution in [0.15, 0.2) is 24.3 Å². The molecule has 21 heavy (non-hydrogen) atoms. The fourth-order valence-electron chi connectivity index (χ4n) is 3.70. The van der Waals surface area contributed by atoms with Crippen molar-refractivity contribution in [3.63, 3.8) is 0 Å². The minimum atomic E-state index is -0.426. The Morgan fingerprint density at radius 3 is 2.67 bits per heavy atom. The van der Waals surface area contributed by atoms with Crippen LogP contribution in [0.4, 0.5) is 0 Å². The van der Waals surface area contributed by atoms with Crippen LogP contribution in [0.2, 0.25) is 5.02 Å². The molecule has 2 saturated carbocycles. The Morgan fingerprint density at radius 2 is 2.10 bits per heavy atom. The zero-order chi connectivity index (χ0) is 14.8. The SMILES string of the molecule is CC[C@H](Oc1ccc(Cl)cc1)C(=O)N[C@H]1C[C@H]2CC[C@H]1C2. The Balaban J connectivity index is 1.57. The third-order valence-corrected chi connectivity index (χ3v) is 5.07. The maximum Gasteiger partial charge on any atom is 0.261 e. The van der Waals surface area contributed by atoms with Gasteiger partial charge in [0.25, 0.3) is 5.91 Å². The molecule has 2 fully saturated rings. The van der Waals surface area contributed by atoms with Crippen molar-refractivity contribution in [2.75, 3.05) is 0 Å². The molecule has 0 aromatic heterocycles. The van der Waals surface area contributed by atoms with Gasteiger partial charge < -0.3 is 10.1 Å². The van der Waals surface area contributed by atoms with E-state index in [1.54, 1.807) is 24.3 Å². The summed E-state index contributed by atoms with van der Waals surface area (Å²) >= 11 is 5.86. The highest BCUT2D eigenvalue weighted by atomic mass is 35.5. The van der Waals surface area contributed by atoms with E-state index in [4.69, 9.17) is 16.3 Å². The maximum absolute atomic E-state index is 12.4. The smallest absolute Gasteiger partial charge is 0.261 e. The van der Waals surface area contributed by atoms with Crippen molar-refractivity contribution < 1.29 is 9.53 Å². The van der Waals surface area contributed by atoms with Crippen LogP contribution in [0.3, 0.4) is 0 Å². The van der Waals surface area contributed by atoms with E-state index in [1.165, 1.54) is 19.3 Å². The van der Waals surface area contributed by atoms with Crippen molar-refractivity contribution in [3.8, 4) is 5.75 Å². The number of ether oxygens (including phenoxy) is 1. The van der Waals surface area contributed by atoms with Gasteiger partial charge in [0.15, 0.2) is 6.10 Å². The van der Waals surface area contributed by atoms with Crippen molar-refractivity contribution in [2.45, 2.75) is 51.2 Å². The highest BCUT2D eigenvalue weighted by Gasteiger charge is 2.40. The zero-order valence-electron chi connectivity index (χ0n) is 12.3. The van der Waals surface area contributed by atoms with Crippen LogP contribution in [0, 0.1) is 11.8 Å². The molecular formula is C17H22ClNO2. The van der Waals surface area contributed by atoms with Crippen molar-refractivity contribution >= 4 is 17.5 Å². The summed E-state index contributed by atoms with van der Waals surface area (Å²) < 4.78 is 5.80. The molecule has 4 heteroatoms. The Hall–Kier alpha value is -1.22. The summed E-state index contributed by atoms with van der Waals surface area (Å²) in [6, 6.07) is 7.51. The van der Waals surface area contributed by atoms with Crippen LogP contribution >= 0.6 is 11.6 Å². The second-order valence-electron chi connectivity index (χ2n) is 6.26. The molecular weight excluding hydrogens is 286 g/mol. The van der Waals surface area contributed by atoms with Gasteiger partial charge in [-0.3, -0.25) is 4.79 Å². The van der Waals surface area contributed by atoms with Crippen LogP contribution < -0.4 is 10.1 Å². The molecule has 1 aromatic rings. The first-order valence-electron chi connectivity index (χ1n) is 7.88. The van der Waals surface area contributed by atoms with Crippen molar-refractivity contribution in [3.05, 3.63) is 29.3 Å². The standard InChI is InChI=1S/C17H22ClNO2/c1-2-16(21-14-7-5-13(18)6-8-14)17(20)19-15-10-11-3-4-12(15)9-11/h5-8,11-12,15-16H,2-4,9-10H2,1H3,(H,19,20)/t11-,12-,15-,16-/m0/s1. The summed E-state index contributed by atoms with van der Waals surface area (Å²) in [5.74, 6) is 2.23. The van der Waals surface area contributed by atoms with Crippen LogP contribution in [-0.2, 0) is 4.79 Å². The van der Waals surface area contributed by atoms with Crippen LogP contribution in [0.25, 0.3) is 0 Å². The predicted octanol–water partition coefficient (Wildman–Crippen LogP) is 3.80. The third-order valence-electron chi connectivity index (χ3n) is 4.82. The van der Waals surface area contributed by atoms with E-state index >= 15 is 0 Å². The molecule has 0 radical (unpaired) electrons. The Kier molecular flexibility index (Phi) is 4.39. The molecule has 0 aliphatic heterocycles. The van der Waals surface area contributed by atoms with Gasteiger partial charge in [0.1, 0.15) is 5.75 Å². The van der Waals surface area contributed by atoms with Gasteiger partial charge >= 0.3 is 0 Å². The lowest BCUT2D eigenvalue weighted by atomic mass is 9.95. The largest absolute Gasteiger partial charge is 0.481 e. The molecule has 0 spiro atoms. The van der Waals surface area contributed by atoms with E-state index in [2.05, 4.69) is 5.32 Å². The quantitative estimate of drug-likeness (QED) is 0.898. The number of amides is 1. The number of fused-ring (bicyclic) bond motifs is 2. The molecule has 4 atom stereocenters. The lowest BCUT2D eigenvalue weighted by Crippen LogP contribution is -2.45. The van der Waals surface area contributed by atoms with Gasteiger partial charge in [0.05, 0.1) is 0 Å². The van der Waals surface area contributed by atoms with Gasteiger partial charge in [0, 0.05) is 11.1 Å². The first kappa shape index (κ1) is 14.7. The van der Waals surface area contributed by atoms with Crippen molar-refractivity contribution in [2.24, 2.45) is 11.8 Å². The van der Waals surface area contributed by atoms with E-state index in [0.717, 1.165) is 12.3 Å². The van der Waals surface area contributed by atoms with Gasteiger partial charge in [-0.1, -0.05) is 24.9 Å². The molecule has 2 bridgehead atoms. The van der Waals surface area contributed by atoms with Gasteiger partial charge in [0.2, 0.25) is 0 Å². The fraction of sp³-hybridized carbons (Fsp3) is 0.588. The number of rotatable bonds is 5. The number of benzene rings is 1. The van der Waals surface area contributed by atoms with Crippen LogP contribution in [0.1, 0.15) is 39.0 Å². The minimum Gasteiger partial charge on any atom is -0.481 e. The molecule has 0 unspecified atom stereocenters. The first-order valence-corrected chi connectivity index (χ1v) is 8.26. The molecule has 1 aromatic carbocycles. The average Bonchev–Trinajstić information content (AvgIpc) is 3.09. The van der Waals surface area contributed by atoms with Crippen molar-refractivity contribution in [1.82, 2.24) is 5.32 Å². The topological polar surface area (TPSA) is 38.3 Å². The normalized spacial score (nSPS) is 28.4. The summed E-state index contributed by atoms with van der Waals surface area (Å²) in [7, 11) is 0. The summed E-state index contributed by atoms with van der Waals surface area (Å²) in [5, 5.41) is 3.87. The van der Waals surface area contributed by atoms with Gasteiger partial charge in [-0.15, -0.1) is 0 Å². The molecule has 3 rings (SSSR count). The predicted molar refractivity (Wildman–Crippen MR) is 83.5 cm³/mol. The molecule has 114 valence electrons. The second-order valence-corrected chi connectivity index (χ2v) is 6.70. The number of carbonyl (C=O) groups is 1. The van der Waals surface area contributed by atoms with Crippen molar-refractivity contribution in [1.29, 1.82) is 0 Å². The lowest BCUT2D eigenvalue weighted by Gasteiger charge is -2.25. The average molecular weight is 308 g/mol. The van der Waals surface area contributed by atoms with Gasteiger partial charge in [-0.25, -0.2) is 0 Å². The van der Waals surface area contributed by atoms with E-state index in [1.807, 2.05) is 6.92 Å². The Morgan fingerprint density at radius 1 is 1.33 bits per heavy atom. The molecule has 0 heterocycles. The maximum atomic E-state index is 12.4. The number of hydrogen-bond donors (Lipinski definition) is 1. The highest BCUT2D eigenvalue weighted by Crippen LogP contribution is 2.44. The third kappa shape index (κ3) is 3.34. The number of carbonyl (C=O) groups excluding carboxylic acids is 1. The Bertz CT molecular complexity index is 502. The number of hydrogen-bond acceptors (Lipinski definition) is 2. The monoisotopic (exact) mass is 307 g/mol. The summed E-state index contributed by atoms with van der Waals surface area (Å²) in [6.45, 7) is 1.97. The summed E-state index contributed by atoms with van der Waals surface area (Å²) in [5.41, 5.74) is 0. The first-order chi connectivity index (χ1) is 10.2. The Labute approximate surface area is 131 Å². The van der Waals surface area contributed by atoms with Crippen LogP contribution in [-0.4, -0.2) is 18.1 Å². The molecule has 2 aliphatic carbocycles. The fourth-order valence-corrected chi connectivity index (χ4v) is 3.82. The van der Waals surface area contributed by atoms with E-state index in [-0.39, 0.29) is 5.91 Å². The number of nitrogens with one attached hydrogen (secondary N) is 1. The van der Waals surface area contributed by atoms with Crippen LogP contribution in [0.5, 0.6) is 5.75 Å². The lowest BCUT2D eigenvalue weighted by molar-refractivity contribution is -0.129. The van der Waals surface area contributed by atoms with Gasteiger partial charge in [-0.05, 0) is 61.8 Å². The van der Waals surface area contributed by atoms with E-state index in [0.29, 0.717) is 29.2 Å². The van der Waals surface area contributed by atoms with Gasteiger partial charge in [-0.2, -0.15) is 0 Å². The summed E-state index contributed by atoms with van der Waals surface area (Å²) in [6.07, 6.45) is 5.29. The number of halogens is 1. The molecule has 1 N–H and O–H groups in total. The summed E-state index contributed by atoms with van der Waals surface area (Å²) in [4.78, 5) is 12.4. The molecule has 1 amide bonds.